The van der Waals surface area contributed by atoms with Crippen molar-refractivity contribution in [2.45, 2.75) is 45.3 Å². The summed E-state index contributed by atoms with van der Waals surface area (Å²) in [5.41, 5.74) is 1.34. The zero-order valence-corrected chi connectivity index (χ0v) is 12.4. The second-order valence-electron chi connectivity index (χ2n) is 5.68. The number of nitrogens with one attached hydrogen (secondary N) is 1. The van der Waals surface area contributed by atoms with Gasteiger partial charge in [-0.05, 0) is 37.1 Å². The first-order valence-electron chi connectivity index (χ1n) is 7.29. The summed E-state index contributed by atoms with van der Waals surface area (Å²) in [5.74, 6) is 0.952. The van der Waals surface area contributed by atoms with Gasteiger partial charge in [0, 0.05) is 25.2 Å². The number of methoxy groups -OCH3 is 1. The van der Waals surface area contributed by atoms with Crippen molar-refractivity contribution in [3.63, 3.8) is 0 Å². The zero-order chi connectivity index (χ0) is 13.7. The molecular weight excluding hydrogens is 236 g/mol. The van der Waals surface area contributed by atoms with Gasteiger partial charge in [-0.25, -0.2) is 0 Å². The molecule has 0 spiro atoms. The van der Waals surface area contributed by atoms with Crippen LogP contribution in [0, 0.1) is 0 Å². The first-order chi connectivity index (χ1) is 9.19. The lowest BCUT2D eigenvalue weighted by atomic mass is 10.1. The summed E-state index contributed by atoms with van der Waals surface area (Å²) in [6, 6.07) is 9.66. The predicted molar refractivity (Wildman–Crippen MR) is 79.6 cm³/mol. The summed E-state index contributed by atoms with van der Waals surface area (Å²) in [5, 5.41) is 3.56. The highest BCUT2D eigenvalue weighted by Crippen LogP contribution is 2.21. The Bertz CT molecular complexity index is 392. The van der Waals surface area contributed by atoms with Crippen molar-refractivity contribution in [1.29, 1.82) is 0 Å². The Morgan fingerprint density at radius 3 is 3.00 bits per heavy atom. The SMILES string of the molecule is COc1cccc(CN2CCCC2CNC(C)C)c1. The van der Waals surface area contributed by atoms with Crippen molar-refractivity contribution in [3.8, 4) is 5.75 Å². The lowest BCUT2D eigenvalue weighted by molar-refractivity contribution is 0.235. The lowest BCUT2D eigenvalue weighted by Crippen LogP contribution is -2.39. The number of nitrogens with zero attached hydrogens (tertiary/aromatic N) is 1. The van der Waals surface area contributed by atoms with Crippen LogP contribution in [-0.4, -0.2) is 37.2 Å². The van der Waals surface area contributed by atoms with E-state index in [2.05, 4.69) is 42.3 Å². The van der Waals surface area contributed by atoms with Gasteiger partial charge in [0.1, 0.15) is 5.75 Å². The van der Waals surface area contributed by atoms with Gasteiger partial charge in [-0.3, -0.25) is 4.90 Å². The Morgan fingerprint density at radius 1 is 1.42 bits per heavy atom. The second-order valence-corrected chi connectivity index (χ2v) is 5.68. The fourth-order valence-electron chi connectivity index (χ4n) is 2.71. The molecule has 1 heterocycles. The molecule has 2 rings (SSSR count). The Labute approximate surface area is 116 Å². The van der Waals surface area contributed by atoms with Gasteiger partial charge >= 0.3 is 0 Å². The molecule has 1 fully saturated rings. The number of hydrogen-bond acceptors (Lipinski definition) is 3. The van der Waals surface area contributed by atoms with E-state index in [0.29, 0.717) is 12.1 Å². The minimum absolute atomic E-state index is 0.569. The number of rotatable bonds is 6. The summed E-state index contributed by atoms with van der Waals surface area (Å²) >= 11 is 0. The molecule has 1 aromatic rings. The fourth-order valence-corrected chi connectivity index (χ4v) is 2.71. The third-order valence-electron chi connectivity index (χ3n) is 3.78. The number of benzene rings is 1. The van der Waals surface area contributed by atoms with Gasteiger partial charge in [-0.2, -0.15) is 0 Å². The smallest absolute Gasteiger partial charge is 0.119 e. The maximum Gasteiger partial charge on any atom is 0.119 e. The third-order valence-corrected chi connectivity index (χ3v) is 3.78. The van der Waals surface area contributed by atoms with Gasteiger partial charge in [-0.1, -0.05) is 26.0 Å². The van der Waals surface area contributed by atoms with Crippen LogP contribution in [0.3, 0.4) is 0 Å². The molecule has 1 aromatic carbocycles. The van der Waals surface area contributed by atoms with Gasteiger partial charge in [0.05, 0.1) is 7.11 Å². The van der Waals surface area contributed by atoms with Gasteiger partial charge in [0.2, 0.25) is 0 Å². The Balaban J connectivity index is 1.92. The third kappa shape index (κ3) is 4.22. The molecule has 0 bridgehead atoms. The molecule has 0 saturated carbocycles. The lowest BCUT2D eigenvalue weighted by Gasteiger charge is -2.25. The van der Waals surface area contributed by atoms with Crippen molar-refractivity contribution in [1.82, 2.24) is 10.2 Å². The van der Waals surface area contributed by atoms with E-state index in [9.17, 15) is 0 Å². The average molecular weight is 262 g/mol. The molecule has 0 aromatic heterocycles. The molecule has 1 aliphatic heterocycles. The zero-order valence-electron chi connectivity index (χ0n) is 12.4. The van der Waals surface area contributed by atoms with Crippen LogP contribution in [0.4, 0.5) is 0 Å². The molecule has 0 amide bonds. The molecule has 0 aliphatic carbocycles. The summed E-state index contributed by atoms with van der Waals surface area (Å²) in [4.78, 5) is 2.59. The Kier molecular flexibility index (Phi) is 5.23. The first-order valence-corrected chi connectivity index (χ1v) is 7.29. The molecule has 1 unspecified atom stereocenters. The van der Waals surface area contributed by atoms with Crippen molar-refractivity contribution >= 4 is 0 Å². The van der Waals surface area contributed by atoms with Crippen molar-refractivity contribution in [2.24, 2.45) is 0 Å². The minimum atomic E-state index is 0.569. The quantitative estimate of drug-likeness (QED) is 0.853. The Hall–Kier alpha value is -1.06. The van der Waals surface area contributed by atoms with Crippen molar-refractivity contribution < 1.29 is 4.74 Å². The summed E-state index contributed by atoms with van der Waals surface area (Å²) in [6.45, 7) is 7.76. The molecule has 1 atom stereocenters. The maximum absolute atomic E-state index is 5.29. The monoisotopic (exact) mass is 262 g/mol. The largest absolute Gasteiger partial charge is 0.497 e. The second kappa shape index (κ2) is 6.92. The van der Waals surface area contributed by atoms with Crippen LogP contribution in [0.1, 0.15) is 32.3 Å². The van der Waals surface area contributed by atoms with Crippen LogP contribution in [0.15, 0.2) is 24.3 Å². The summed E-state index contributed by atoms with van der Waals surface area (Å²) in [7, 11) is 1.73. The van der Waals surface area contributed by atoms with E-state index in [1.54, 1.807) is 7.11 Å². The molecular formula is C16H26N2O. The fraction of sp³-hybridized carbons (Fsp3) is 0.625. The van der Waals surface area contributed by atoms with E-state index in [0.717, 1.165) is 18.8 Å². The molecule has 3 heteroatoms. The normalized spacial score (nSPS) is 20.1. The average Bonchev–Trinajstić information content (AvgIpc) is 2.84. The molecule has 0 radical (unpaired) electrons. The van der Waals surface area contributed by atoms with E-state index in [-0.39, 0.29) is 0 Å². The van der Waals surface area contributed by atoms with Crippen LogP contribution >= 0.6 is 0 Å². The van der Waals surface area contributed by atoms with Crippen molar-refractivity contribution in [3.05, 3.63) is 29.8 Å². The van der Waals surface area contributed by atoms with Crippen LogP contribution in [0.2, 0.25) is 0 Å². The van der Waals surface area contributed by atoms with Crippen LogP contribution in [-0.2, 0) is 6.54 Å². The van der Waals surface area contributed by atoms with Gasteiger partial charge in [-0.15, -0.1) is 0 Å². The molecule has 3 nitrogen and oxygen atoms in total. The van der Waals surface area contributed by atoms with Gasteiger partial charge in [0.15, 0.2) is 0 Å². The van der Waals surface area contributed by atoms with Crippen LogP contribution < -0.4 is 10.1 Å². The van der Waals surface area contributed by atoms with Crippen molar-refractivity contribution in [2.75, 3.05) is 20.2 Å². The number of likely N-dealkylation sites (tertiary alicyclic amines) is 1. The number of hydrogen-bond donors (Lipinski definition) is 1. The molecule has 1 saturated heterocycles. The highest BCUT2D eigenvalue weighted by Gasteiger charge is 2.24. The molecule has 106 valence electrons. The predicted octanol–water partition coefficient (Wildman–Crippen LogP) is 2.66. The van der Waals surface area contributed by atoms with E-state index in [4.69, 9.17) is 4.74 Å². The molecule has 1 aliphatic rings. The topological polar surface area (TPSA) is 24.5 Å². The van der Waals surface area contributed by atoms with Gasteiger partial charge < -0.3 is 10.1 Å². The highest BCUT2D eigenvalue weighted by atomic mass is 16.5. The van der Waals surface area contributed by atoms with E-state index < -0.39 is 0 Å². The summed E-state index contributed by atoms with van der Waals surface area (Å²) in [6.07, 6.45) is 2.62. The van der Waals surface area contributed by atoms with E-state index in [1.807, 2.05) is 6.07 Å². The first kappa shape index (κ1) is 14.4. The van der Waals surface area contributed by atoms with Crippen LogP contribution in [0.5, 0.6) is 5.75 Å². The van der Waals surface area contributed by atoms with Gasteiger partial charge in [0.25, 0.3) is 0 Å². The Morgan fingerprint density at radius 2 is 2.26 bits per heavy atom. The maximum atomic E-state index is 5.29. The highest BCUT2D eigenvalue weighted by molar-refractivity contribution is 5.28. The van der Waals surface area contributed by atoms with E-state index in [1.165, 1.54) is 24.9 Å². The number of ether oxygens (including phenoxy) is 1. The summed E-state index contributed by atoms with van der Waals surface area (Å²) < 4.78 is 5.29. The molecule has 19 heavy (non-hydrogen) atoms. The molecule has 1 N–H and O–H groups in total. The van der Waals surface area contributed by atoms with E-state index >= 15 is 0 Å². The standard InChI is InChI=1S/C16H26N2O/c1-13(2)17-11-15-7-5-9-18(15)12-14-6-4-8-16(10-14)19-3/h4,6,8,10,13,15,17H,5,7,9,11-12H2,1-3H3. The van der Waals surface area contributed by atoms with Crippen LogP contribution in [0.25, 0.3) is 0 Å². The minimum Gasteiger partial charge on any atom is -0.497 e.